The van der Waals surface area contributed by atoms with Gasteiger partial charge in [0.2, 0.25) is 0 Å². The molecule has 0 radical (unpaired) electrons. The van der Waals surface area contributed by atoms with E-state index in [0.29, 0.717) is 0 Å². The Kier molecular flexibility index (Phi) is 3.16. The van der Waals surface area contributed by atoms with Gasteiger partial charge in [-0.3, -0.25) is 0 Å². The van der Waals surface area contributed by atoms with Gasteiger partial charge in [0, 0.05) is 36.2 Å². The maximum Gasteiger partial charge on any atom is 0.177 e. The van der Waals surface area contributed by atoms with Crippen LogP contribution >= 0.6 is 27.7 Å². The van der Waals surface area contributed by atoms with Crippen molar-refractivity contribution in [2.45, 2.75) is 16.5 Å². The molecule has 2 aromatic heterocycles. The van der Waals surface area contributed by atoms with Gasteiger partial charge >= 0.3 is 0 Å². The Balaban J connectivity index is 1.65. The summed E-state index contributed by atoms with van der Waals surface area (Å²) in [5, 5.41) is 4.26. The molecule has 0 saturated carbocycles. The van der Waals surface area contributed by atoms with Gasteiger partial charge in [0.1, 0.15) is 5.03 Å². The first kappa shape index (κ1) is 12.8. The summed E-state index contributed by atoms with van der Waals surface area (Å²) >= 11 is 5.07. The van der Waals surface area contributed by atoms with Crippen molar-refractivity contribution in [1.29, 1.82) is 0 Å². The maximum atomic E-state index is 4.33. The summed E-state index contributed by atoms with van der Waals surface area (Å²) < 4.78 is 2.88. The van der Waals surface area contributed by atoms with Gasteiger partial charge in [-0.25, -0.2) is 15.0 Å². The molecule has 3 aromatic rings. The molecule has 0 bridgehead atoms. The zero-order chi connectivity index (χ0) is 14.2. The largest absolute Gasteiger partial charge is 0.337 e. The zero-order valence-electron chi connectivity index (χ0n) is 10.8. The van der Waals surface area contributed by atoms with E-state index in [0.717, 1.165) is 32.7 Å². The van der Waals surface area contributed by atoms with Crippen molar-refractivity contribution in [1.82, 2.24) is 19.5 Å². The topological polar surface area (TPSA) is 55.6 Å². The van der Waals surface area contributed by atoms with Crippen molar-refractivity contribution >= 4 is 39.2 Å². The highest BCUT2D eigenvalue weighted by molar-refractivity contribution is 9.10. The van der Waals surface area contributed by atoms with Crippen LogP contribution in [0.1, 0.15) is 5.56 Å². The normalized spacial score (nSPS) is 12.4. The van der Waals surface area contributed by atoms with Crippen LogP contribution in [0.4, 0.5) is 11.5 Å². The van der Waals surface area contributed by atoms with Crippen LogP contribution in [0.25, 0.3) is 0 Å². The van der Waals surface area contributed by atoms with Crippen LogP contribution in [0.3, 0.4) is 0 Å². The summed E-state index contributed by atoms with van der Waals surface area (Å²) in [6.45, 7) is 0.771. The first-order valence-corrected chi connectivity index (χ1v) is 7.96. The summed E-state index contributed by atoms with van der Waals surface area (Å²) in [6, 6.07) is 6.39. The second kappa shape index (κ2) is 5.16. The van der Waals surface area contributed by atoms with E-state index in [2.05, 4.69) is 54.4 Å². The molecule has 0 fully saturated rings. The van der Waals surface area contributed by atoms with E-state index >= 15 is 0 Å². The maximum absolute atomic E-state index is 4.33. The third-order valence-electron chi connectivity index (χ3n) is 3.19. The molecule has 0 unspecified atom stereocenters. The fourth-order valence-corrected chi connectivity index (χ4v) is 3.45. The average molecular weight is 360 g/mol. The number of fused-ring (bicyclic) bond motifs is 2. The van der Waals surface area contributed by atoms with Crippen LogP contribution in [0.2, 0.25) is 0 Å². The third kappa shape index (κ3) is 2.43. The number of aromatic nitrogens is 4. The third-order valence-corrected chi connectivity index (χ3v) is 4.91. The molecule has 1 aliphatic rings. The average Bonchev–Trinajstić information content (AvgIpc) is 2.90. The molecule has 0 saturated heterocycles. The Labute approximate surface area is 134 Å². The molecule has 1 aromatic carbocycles. The van der Waals surface area contributed by atoms with Gasteiger partial charge in [-0.15, -0.1) is 0 Å². The molecule has 4 rings (SSSR count). The molecule has 1 aliphatic heterocycles. The fraction of sp³-hybridized carbons (Fsp3) is 0.0714. The Morgan fingerprint density at radius 1 is 1.14 bits per heavy atom. The smallest absolute Gasteiger partial charge is 0.177 e. The molecule has 1 N–H and O–H groups in total. The van der Waals surface area contributed by atoms with Crippen LogP contribution in [0, 0.1) is 0 Å². The highest BCUT2D eigenvalue weighted by Gasteiger charge is 2.17. The standard InChI is InChI=1S/C14H10BrN5S/c15-14-18-5-6-20(14)8-9-1-2-11-10(7-9)19-12-13(21-11)17-4-3-16-12/h1-7H,8H2,(H,16,19). The zero-order valence-corrected chi connectivity index (χ0v) is 13.2. The molecule has 3 heterocycles. The number of benzene rings is 1. The Morgan fingerprint density at radius 3 is 2.90 bits per heavy atom. The highest BCUT2D eigenvalue weighted by Crippen LogP contribution is 2.42. The molecule has 7 heteroatoms. The molecule has 21 heavy (non-hydrogen) atoms. The first-order chi connectivity index (χ1) is 10.3. The molecule has 104 valence electrons. The van der Waals surface area contributed by atoms with Crippen molar-refractivity contribution in [2.75, 3.05) is 5.32 Å². The molecule has 5 nitrogen and oxygen atoms in total. The van der Waals surface area contributed by atoms with E-state index in [4.69, 9.17) is 0 Å². The lowest BCUT2D eigenvalue weighted by Crippen LogP contribution is -2.05. The van der Waals surface area contributed by atoms with Gasteiger partial charge in [-0.1, -0.05) is 17.8 Å². The van der Waals surface area contributed by atoms with Crippen LogP contribution < -0.4 is 5.32 Å². The number of imidazole rings is 1. The minimum Gasteiger partial charge on any atom is -0.337 e. The van der Waals surface area contributed by atoms with Gasteiger partial charge in [0.25, 0.3) is 0 Å². The van der Waals surface area contributed by atoms with E-state index in [9.17, 15) is 0 Å². The molecule has 0 atom stereocenters. The number of halogens is 1. The predicted molar refractivity (Wildman–Crippen MR) is 84.9 cm³/mol. The molecule has 0 amide bonds. The number of nitrogens with one attached hydrogen (secondary N) is 1. The lowest BCUT2D eigenvalue weighted by atomic mass is 10.2. The predicted octanol–water partition coefficient (Wildman–Crippen LogP) is 3.69. The van der Waals surface area contributed by atoms with Gasteiger partial charge < -0.3 is 9.88 Å². The Bertz CT molecular complexity index is 817. The number of hydrogen-bond acceptors (Lipinski definition) is 5. The number of hydrogen-bond donors (Lipinski definition) is 1. The Hall–Kier alpha value is -1.86. The van der Waals surface area contributed by atoms with E-state index in [1.54, 1.807) is 30.4 Å². The summed E-state index contributed by atoms with van der Waals surface area (Å²) in [5.74, 6) is 0.816. The lowest BCUT2D eigenvalue weighted by Gasteiger charge is -2.19. The van der Waals surface area contributed by atoms with Crippen LogP contribution in [-0.4, -0.2) is 19.5 Å². The number of anilines is 2. The van der Waals surface area contributed by atoms with Crippen LogP contribution in [0.5, 0.6) is 0 Å². The van der Waals surface area contributed by atoms with Gasteiger partial charge in [0.05, 0.1) is 5.69 Å². The van der Waals surface area contributed by atoms with Crippen molar-refractivity contribution in [3.05, 3.63) is 53.3 Å². The van der Waals surface area contributed by atoms with E-state index < -0.39 is 0 Å². The second-order valence-electron chi connectivity index (χ2n) is 4.59. The number of nitrogens with zero attached hydrogens (tertiary/aromatic N) is 4. The SMILES string of the molecule is Brc1nccn1Cc1ccc2c(c1)Nc1nccnc1S2. The Morgan fingerprint density at radius 2 is 2.05 bits per heavy atom. The minimum absolute atomic E-state index is 0.771. The molecular formula is C14H10BrN5S. The van der Waals surface area contributed by atoms with Crippen molar-refractivity contribution < 1.29 is 0 Å². The first-order valence-electron chi connectivity index (χ1n) is 6.35. The summed E-state index contributed by atoms with van der Waals surface area (Å²) in [4.78, 5) is 14.0. The van der Waals surface area contributed by atoms with Crippen molar-refractivity contribution in [2.24, 2.45) is 0 Å². The quantitative estimate of drug-likeness (QED) is 0.591. The second-order valence-corrected chi connectivity index (χ2v) is 6.33. The summed E-state index contributed by atoms with van der Waals surface area (Å²) in [7, 11) is 0. The van der Waals surface area contributed by atoms with Gasteiger partial charge in [0.15, 0.2) is 10.6 Å². The van der Waals surface area contributed by atoms with E-state index in [1.807, 2.05) is 10.8 Å². The van der Waals surface area contributed by atoms with E-state index in [-0.39, 0.29) is 0 Å². The molecular weight excluding hydrogens is 350 g/mol. The molecule has 0 spiro atoms. The minimum atomic E-state index is 0.771. The van der Waals surface area contributed by atoms with Gasteiger partial charge in [-0.05, 0) is 33.6 Å². The van der Waals surface area contributed by atoms with Gasteiger partial charge in [-0.2, -0.15) is 0 Å². The van der Waals surface area contributed by atoms with Crippen LogP contribution in [-0.2, 0) is 6.54 Å². The highest BCUT2D eigenvalue weighted by atomic mass is 79.9. The van der Waals surface area contributed by atoms with Crippen LogP contribution in [0.15, 0.2) is 57.6 Å². The molecule has 0 aliphatic carbocycles. The van der Waals surface area contributed by atoms with Crippen molar-refractivity contribution in [3.63, 3.8) is 0 Å². The fourth-order valence-electron chi connectivity index (χ4n) is 2.21. The van der Waals surface area contributed by atoms with Crippen molar-refractivity contribution in [3.8, 4) is 0 Å². The van der Waals surface area contributed by atoms with E-state index in [1.165, 1.54) is 5.56 Å². The monoisotopic (exact) mass is 359 g/mol. The summed E-state index contributed by atoms with van der Waals surface area (Å²) in [5.41, 5.74) is 2.27. The summed E-state index contributed by atoms with van der Waals surface area (Å²) in [6.07, 6.45) is 7.14. The number of rotatable bonds is 2. The lowest BCUT2D eigenvalue weighted by molar-refractivity contribution is 0.774.